The number of ether oxygens (including phenoxy) is 4. The molecule has 572 valence electrons. The SMILES string of the molecule is CCCCC/C=C\C/C=C\C/C=C\C/C=C\C/C=C\CCC(=O)OC[C@H](COP(=O)(O)OC[C@@H](O)COP(=O)(O)OC[C@@H](COC(=O)CCCCCCCCCCCCCCC)OC(=O)CCCCCCCCCCCCCCC)OC(=O)CCCCCCCCCCCCCCC. The van der Waals surface area contributed by atoms with Crippen molar-refractivity contribution in [2.75, 3.05) is 39.6 Å². The van der Waals surface area contributed by atoms with Crippen LogP contribution in [0.25, 0.3) is 0 Å². The number of allylic oxidation sites excluding steroid dienone is 10. The van der Waals surface area contributed by atoms with Gasteiger partial charge in [-0.05, 0) is 64.2 Å². The van der Waals surface area contributed by atoms with Crippen LogP contribution in [0.2, 0.25) is 0 Å². The number of carbonyl (C=O) groups is 4. The van der Waals surface area contributed by atoms with Crippen molar-refractivity contribution in [1.82, 2.24) is 0 Å². The zero-order valence-electron chi connectivity index (χ0n) is 62.5. The lowest BCUT2D eigenvalue weighted by Crippen LogP contribution is -2.30. The molecule has 19 heteroatoms. The van der Waals surface area contributed by atoms with E-state index in [2.05, 4.69) is 76.3 Å². The maximum Gasteiger partial charge on any atom is 0.472 e. The lowest BCUT2D eigenvalue weighted by atomic mass is 10.0. The first-order chi connectivity index (χ1) is 47.7. The molecule has 0 aromatic heterocycles. The van der Waals surface area contributed by atoms with Crippen molar-refractivity contribution in [2.45, 2.75) is 380 Å². The van der Waals surface area contributed by atoms with Gasteiger partial charge in [-0.3, -0.25) is 37.3 Å². The largest absolute Gasteiger partial charge is 0.472 e. The van der Waals surface area contributed by atoms with Gasteiger partial charge >= 0.3 is 39.5 Å². The molecule has 5 atom stereocenters. The van der Waals surface area contributed by atoms with Crippen molar-refractivity contribution in [3.05, 3.63) is 60.8 Å². The van der Waals surface area contributed by atoms with Gasteiger partial charge in [0, 0.05) is 25.7 Å². The van der Waals surface area contributed by atoms with Gasteiger partial charge in [-0.2, -0.15) is 0 Å². The summed E-state index contributed by atoms with van der Waals surface area (Å²) in [5.74, 6) is -2.23. The highest BCUT2D eigenvalue weighted by atomic mass is 31.2. The van der Waals surface area contributed by atoms with E-state index in [0.29, 0.717) is 32.1 Å². The quantitative estimate of drug-likeness (QED) is 0.0169. The summed E-state index contributed by atoms with van der Waals surface area (Å²) < 4.78 is 68.5. The summed E-state index contributed by atoms with van der Waals surface area (Å²) >= 11 is 0. The Hall–Kier alpha value is -3.24. The van der Waals surface area contributed by atoms with E-state index in [9.17, 15) is 43.2 Å². The zero-order chi connectivity index (χ0) is 71.8. The monoisotopic (exact) mass is 1430 g/mol. The number of unbranched alkanes of at least 4 members (excludes halogenated alkanes) is 39. The van der Waals surface area contributed by atoms with Gasteiger partial charge in [-0.25, -0.2) is 9.13 Å². The van der Waals surface area contributed by atoms with E-state index in [0.717, 1.165) is 96.3 Å². The average Bonchev–Trinajstić information content (AvgIpc) is 0.966. The van der Waals surface area contributed by atoms with Crippen LogP contribution in [0.15, 0.2) is 60.8 Å². The van der Waals surface area contributed by atoms with E-state index in [-0.39, 0.29) is 25.7 Å². The molecule has 0 bridgehead atoms. The van der Waals surface area contributed by atoms with Crippen LogP contribution in [0.1, 0.15) is 362 Å². The third-order valence-electron chi connectivity index (χ3n) is 17.0. The van der Waals surface area contributed by atoms with Crippen LogP contribution in [0, 0.1) is 0 Å². The van der Waals surface area contributed by atoms with Crippen molar-refractivity contribution < 1.29 is 80.2 Å². The number of phosphoric acid groups is 2. The van der Waals surface area contributed by atoms with E-state index in [1.54, 1.807) is 0 Å². The highest BCUT2D eigenvalue weighted by molar-refractivity contribution is 7.47. The number of carbonyl (C=O) groups excluding carboxylic acids is 4. The molecule has 2 unspecified atom stereocenters. The van der Waals surface area contributed by atoms with Gasteiger partial charge < -0.3 is 33.8 Å². The highest BCUT2D eigenvalue weighted by Gasteiger charge is 2.30. The third-order valence-corrected chi connectivity index (χ3v) is 18.9. The van der Waals surface area contributed by atoms with Crippen molar-refractivity contribution in [1.29, 1.82) is 0 Å². The van der Waals surface area contributed by atoms with Crippen LogP contribution in [-0.4, -0.2) is 96.7 Å². The normalized spacial score (nSPS) is 14.2. The van der Waals surface area contributed by atoms with Crippen LogP contribution in [0.4, 0.5) is 0 Å². The second kappa shape index (κ2) is 72.1. The Bertz CT molecular complexity index is 2100. The number of hydrogen-bond acceptors (Lipinski definition) is 15. The summed E-state index contributed by atoms with van der Waals surface area (Å²) in [6.45, 7) is 4.83. The number of phosphoric ester groups is 2. The van der Waals surface area contributed by atoms with Crippen molar-refractivity contribution in [2.24, 2.45) is 0 Å². The summed E-state index contributed by atoms with van der Waals surface area (Å²) in [7, 11) is -9.95. The maximum absolute atomic E-state index is 13.1. The van der Waals surface area contributed by atoms with Gasteiger partial charge in [0.05, 0.1) is 26.4 Å². The minimum Gasteiger partial charge on any atom is -0.462 e. The number of rotatable bonds is 75. The molecule has 0 aromatic carbocycles. The maximum atomic E-state index is 13.1. The molecule has 0 radical (unpaired) electrons. The molecule has 0 aromatic rings. The molecule has 17 nitrogen and oxygen atoms in total. The van der Waals surface area contributed by atoms with E-state index in [1.807, 2.05) is 12.2 Å². The Morgan fingerprint density at radius 3 is 0.827 bits per heavy atom. The Morgan fingerprint density at radius 1 is 0.286 bits per heavy atom. The van der Waals surface area contributed by atoms with Crippen molar-refractivity contribution in [3.63, 3.8) is 0 Å². The molecule has 98 heavy (non-hydrogen) atoms. The molecule has 0 aliphatic carbocycles. The molecule has 0 amide bonds. The smallest absolute Gasteiger partial charge is 0.462 e. The summed E-state index contributed by atoms with van der Waals surface area (Å²) in [6, 6.07) is 0. The Labute approximate surface area is 597 Å². The van der Waals surface area contributed by atoms with Crippen LogP contribution in [0.5, 0.6) is 0 Å². The van der Waals surface area contributed by atoms with Gasteiger partial charge in [-0.1, -0.05) is 332 Å². The molecule has 0 rings (SSSR count). The molecule has 3 N–H and O–H groups in total. The average molecular weight is 1430 g/mol. The second-order valence-electron chi connectivity index (χ2n) is 26.7. The minimum atomic E-state index is -4.98. The number of esters is 4. The van der Waals surface area contributed by atoms with E-state index >= 15 is 0 Å². The molecule has 0 fully saturated rings. The van der Waals surface area contributed by atoms with Gasteiger partial charge in [-0.15, -0.1) is 0 Å². The number of aliphatic hydroxyl groups excluding tert-OH is 1. The summed E-state index contributed by atoms with van der Waals surface area (Å²) in [4.78, 5) is 72.8. The zero-order valence-corrected chi connectivity index (χ0v) is 64.3. The van der Waals surface area contributed by atoms with Gasteiger partial charge in [0.25, 0.3) is 0 Å². The topological polar surface area (TPSA) is 237 Å². The lowest BCUT2D eigenvalue weighted by molar-refractivity contribution is -0.161. The molecule has 0 saturated carbocycles. The van der Waals surface area contributed by atoms with Gasteiger partial charge in [0.2, 0.25) is 0 Å². The van der Waals surface area contributed by atoms with E-state index in [4.69, 9.17) is 37.0 Å². The highest BCUT2D eigenvalue weighted by Crippen LogP contribution is 2.45. The van der Waals surface area contributed by atoms with Crippen molar-refractivity contribution >= 4 is 39.5 Å². The van der Waals surface area contributed by atoms with Crippen LogP contribution < -0.4 is 0 Å². The molecule has 0 saturated heterocycles. The molecular weight excluding hydrogens is 1280 g/mol. The predicted molar refractivity (Wildman–Crippen MR) is 400 cm³/mol. The fourth-order valence-electron chi connectivity index (χ4n) is 11.0. The molecular formula is C79H144O17P2. The minimum absolute atomic E-state index is 0.0432. The number of hydrogen-bond donors (Lipinski definition) is 3. The first-order valence-corrected chi connectivity index (χ1v) is 42.5. The van der Waals surface area contributed by atoms with E-state index in [1.165, 1.54) is 180 Å². The number of aliphatic hydroxyl groups is 1. The van der Waals surface area contributed by atoms with Crippen LogP contribution in [0.3, 0.4) is 0 Å². The fourth-order valence-corrected chi connectivity index (χ4v) is 12.5. The lowest BCUT2D eigenvalue weighted by Gasteiger charge is -2.21. The predicted octanol–water partition coefficient (Wildman–Crippen LogP) is 22.7. The standard InChI is InChI=1S/C79H144O17P2/c1-5-9-13-17-21-25-29-33-34-35-36-37-38-42-44-48-52-56-60-64-77(82)90-70-75(96-79(84)66-62-58-54-50-46-41-32-28-24-20-16-12-8-4)72-94-98(87,88)92-68-73(80)67-91-97(85,86)93-71-74(95-78(83)65-61-57-53-49-45-40-31-27-23-19-15-11-7-3)69-89-76(81)63-59-55-51-47-43-39-30-26-22-18-14-10-6-2/h21,25,33-34,36-37,42,44,52,56,73-75,80H,5-20,22-24,26-32,35,38-41,43,45-51,53-55,57-72H2,1-4H3,(H,85,86)(H,87,88)/b25-21-,34-33-,37-36-,44-42-,56-52-/t73-,74+,75+/m0/s1. The van der Waals surface area contributed by atoms with Crippen molar-refractivity contribution in [3.8, 4) is 0 Å². The molecule has 0 heterocycles. The first kappa shape index (κ1) is 94.8. The Kier molecular flexibility index (Phi) is 69.7. The third kappa shape index (κ3) is 71.2. The summed E-state index contributed by atoms with van der Waals surface area (Å²) in [6.07, 6.45) is 70.7. The molecule has 0 aliphatic heterocycles. The fraction of sp³-hybridized carbons (Fsp3) is 0.823. The summed E-state index contributed by atoms with van der Waals surface area (Å²) in [5, 5.41) is 10.6. The second-order valence-corrected chi connectivity index (χ2v) is 29.6. The Balaban J connectivity index is 5.35. The molecule has 0 aliphatic rings. The molecule has 0 spiro atoms. The Morgan fingerprint density at radius 2 is 0.520 bits per heavy atom. The van der Waals surface area contributed by atoms with Crippen LogP contribution in [-0.2, 0) is 65.4 Å². The summed E-state index contributed by atoms with van der Waals surface area (Å²) in [5.41, 5.74) is 0. The van der Waals surface area contributed by atoms with Crippen LogP contribution >= 0.6 is 15.6 Å². The first-order valence-electron chi connectivity index (χ1n) is 39.5. The van der Waals surface area contributed by atoms with Gasteiger partial charge in [0.15, 0.2) is 12.2 Å². The van der Waals surface area contributed by atoms with E-state index < -0.39 is 97.5 Å². The van der Waals surface area contributed by atoms with Gasteiger partial charge in [0.1, 0.15) is 19.3 Å².